The van der Waals surface area contributed by atoms with Crippen molar-refractivity contribution in [1.82, 2.24) is 0 Å². The zero-order valence-corrected chi connectivity index (χ0v) is 10.0. The number of fused-ring (bicyclic) bond motifs is 1. The van der Waals surface area contributed by atoms with Gasteiger partial charge in [-0.15, -0.1) is 0 Å². The maximum absolute atomic E-state index is 10.6. The molecule has 92 valence electrons. The summed E-state index contributed by atoms with van der Waals surface area (Å²) in [4.78, 5) is 10.6. The highest BCUT2D eigenvalue weighted by Crippen LogP contribution is 2.41. The number of carbonyl (C=O) groups is 1. The number of aliphatic carboxylic acids is 1. The van der Waals surface area contributed by atoms with Crippen LogP contribution in [-0.2, 0) is 11.2 Å². The smallest absolute Gasteiger partial charge is 0.303 e. The summed E-state index contributed by atoms with van der Waals surface area (Å²) in [7, 11) is 0. The monoisotopic (exact) mass is 236 g/mol. The van der Waals surface area contributed by atoms with Gasteiger partial charge in [0.2, 0.25) is 6.79 Å². The quantitative estimate of drug-likeness (QED) is 0.872. The van der Waals surface area contributed by atoms with Gasteiger partial charge in [-0.3, -0.25) is 4.79 Å². The average molecular weight is 236 g/mol. The lowest BCUT2D eigenvalue weighted by Gasteiger charge is -2.14. The molecule has 0 aliphatic carbocycles. The summed E-state index contributed by atoms with van der Waals surface area (Å²) in [5.41, 5.74) is 2.10. The van der Waals surface area contributed by atoms with E-state index in [9.17, 15) is 4.79 Å². The number of carboxylic acid groups (broad SMARTS) is 1. The largest absolute Gasteiger partial charge is 0.481 e. The van der Waals surface area contributed by atoms with Crippen molar-refractivity contribution in [2.45, 2.75) is 32.6 Å². The minimum Gasteiger partial charge on any atom is -0.481 e. The molecule has 1 N–H and O–H groups in total. The van der Waals surface area contributed by atoms with Crippen molar-refractivity contribution in [3.8, 4) is 11.5 Å². The van der Waals surface area contributed by atoms with Gasteiger partial charge in [0.15, 0.2) is 11.5 Å². The van der Waals surface area contributed by atoms with Gasteiger partial charge in [0.25, 0.3) is 0 Å². The molecular weight excluding hydrogens is 220 g/mol. The van der Waals surface area contributed by atoms with Gasteiger partial charge < -0.3 is 14.6 Å². The van der Waals surface area contributed by atoms with Crippen molar-refractivity contribution >= 4 is 5.97 Å². The molecule has 4 nitrogen and oxygen atoms in total. The van der Waals surface area contributed by atoms with E-state index < -0.39 is 5.97 Å². The number of hydrogen-bond donors (Lipinski definition) is 1. The molecule has 0 saturated heterocycles. The summed E-state index contributed by atoms with van der Waals surface area (Å²) in [5.74, 6) is 1.04. The molecule has 1 aromatic rings. The highest BCUT2D eigenvalue weighted by molar-refractivity contribution is 5.67. The fourth-order valence-electron chi connectivity index (χ4n) is 2.13. The molecule has 0 spiro atoms. The fourth-order valence-corrected chi connectivity index (χ4v) is 2.13. The lowest BCUT2D eigenvalue weighted by molar-refractivity contribution is -0.136. The lowest BCUT2D eigenvalue weighted by Crippen LogP contribution is -2.03. The third-order valence-electron chi connectivity index (χ3n) is 2.85. The first kappa shape index (κ1) is 11.8. The van der Waals surface area contributed by atoms with E-state index in [1.165, 1.54) is 0 Å². The van der Waals surface area contributed by atoms with Crippen molar-refractivity contribution in [2.24, 2.45) is 0 Å². The number of rotatable bonds is 4. The zero-order chi connectivity index (χ0) is 12.4. The Hall–Kier alpha value is -1.71. The molecule has 0 radical (unpaired) electrons. The first-order chi connectivity index (χ1) is 8.09. The molecule has 1 heterocycles. The molecule has 0 saturated carbocycles. The highest BCUT2D eigenvalue weighted by atomic mass is 16.7. The van der Waals surface area contributed by atoms with Gasteiger partial charge in [0.05, 0.1) is 0 Å². The predicted octanol–water partition coefficient (Wildman–Crippen LogP) is 2.56. The van der Waals surface area contributed by atoms with Gasteiger partial charge in [-0.05, 0) is 24.0 Å². The molecule has 0 aromatic heterocycles. The molecule has 0 amide bonds. The van der Waals surface area contributed by atoms with Crippen LogP contribution in [0.15, 0.2) is 12.1 Å². The Morgan fingerprint density at radius 1 is 1.41 bits per heavy atom. The van der Waals surface area contributed by atoms with Crippen LogP contribution < -0.4 is 9.47 Å². The normalized spacial score (nSPS) is 13.1. The van der Waals surface area contributed by atoms with Crippen LogP contribution in [-0.4, -0.2) is 17.9 Å². The van der Waals surface area contributed by atoms with Crippen molar-refractivity contribution in [2.75, 3.05) is 6.79 Å². The maximum atomic E-state index is 10.6. The van der Waals surface area contributed by atoms with E-state index in [4.69, 9.17) is 14.6 Å². The molecule has 2 rings (SSSR count). The van der Waals surface area contributed by atoms with E-state index in [0.717, 1.165) is 22.6 Å². The number of ether oxygens (including phenoxy) is 2. The van der Waals surface area contributed by atoms with Crippen LogP contribution in [0, 0.1) is 0 Å². The van der Waals surface area contributed by atoms with Gasteiger partial charge in [0.1, 0.15) is 0 Å². The van der Waals surface area contributed by atoms with Gasteiger partial charge in [0, 0.05) is 12.0 Å². The summed E-state index contributed by atoms with van der Waals surface area (Å²) in [6.07, 6.45) is 0.666. The molecule has 4 heteroatoms. The summed E-state index contributed by atoms with van der Waals surface area (Å²) >= 11 is 0. The van der Waals surface area contributed by atoms with Gasteiger partial charge >= 0.3 is 5.97 Å². The Kier molecular flexibility index (Phi) is 3.22. The Balaban J connectivity index is 2.35. The standard InChI is InChI=1S/C13H16O4/c1-8(2)12-9(4-6-11(14)15)3-5-10-13(12)17-7-16-10/h3,5,8H,4,6-7H2,1-2H3,(H,14,15). The second-order valence-corrected chi connectivity index (χ2v) is 4.42. The molecule has 1 aliphatic rings. The number of hydrogen-bond acceptors (Lipinski definition) is 3. The summed E-state index contributed by atoms with van der Waals surface area (Å²) < 4.78 is 10.8. The van der Waals surface area contributed by atoms with Crippen LogP contribution in [0.25, 0.3) is 0 Å². The molecular formula is C13H16O4. The third-order valence-corrected chi connectivity index (χ3v) is 2.85. The zero-order valence-electron chi connectivity index (χ0n) is 10.0. The molecule has 0 atom stereocenters. The van der Waals surface area contributed by atoms with E-state index in [-0.39, 0.29) is 19.1 Å². The Labute approximate surface area is 100 Å². The van der Waals surface area contributed by atoms with Gasteiger partial charge in [-0.2, -0.15) is 0 Å². The molecule has 0 bridgehead atoms. The van der Waals surface area contributed by atoms with Crippen LogP contribution in [0.1, 0.15) is 37.3 Å². The van der Waals surface area contributed by atoms with Crippen LogP contribution in [0.3, 0.4) is 0 Å². The van der Waals surface area contributed by atoms with E-state index in [2.05, 4.69) is 13.8 Å². The SMILES string of the molecule is CC(C)c1c(CCC(=O)O)ccc2c1OCO2. The van der Waals surface area contributed by atoms with Gasteiger partial charge in [-0.1, -0.05) is 19.9 Å². The van der Waals surface area contributed by atoms with Crippen LogP contribution in [0.2, 0.25) is 0 Å². The lowest BCUT2D eigenvalue weighted by atomic mass is 9.93. The van der Waals surface area contributed by atoms with Crippen molar-refractivity contribution < 1.29 is 19.4 Å². The van der Waals surface area contributed by atoms with E-state index >= 15 is 0 Å². The Bertz CT molecular complexity index is 437. The van der Waals surface area contributed by atoms with E-state index in [1.54, 1.807) is 0 Å². The third kappa shape index (κ3) is 2.35. The minimum atomic E-state index is -0.780. The first-order valence-corrected chi connectivity index (χ1v) is 5.72. The minimum absolute atomic E-state index is 0.138. The summed E-state index contributed by atoms with van der Waals surface area (Å²) in [6.45, 7) is 4.39. The predicted molar refractivity (Wildman–Crippen MR) is 62.6 cm³/mol. The molecule has 1 aliphatic heterocycles. The second kappa shape index (κ2) is 4.65. The summed E-state index contributed by atoms with van der Waals surface area (Å²) in [5, 5.41) is 8.74. The Morgan fingerprint density at radius 2 is 2.18 bits per heavy atom. The van der Waals surface area contributed by atoms with E-state index in [0.29, 0.717) is 6.42 Å². The molecule has 1 aromatic carbocycles. The number of benzene rings is 1. The van der Waals surface area contributed by atoms with E-state index in [1.807, 2.05) is 12.1 Å². The number of aryl methyl sites for hydroxylation is 1. The Morgan fingerprint density at radius 3 is 2.82 bits per heavy atom. The molecule has 0 unspecified atom stereocenters. The first-order valence-electron chi connectivity index (χ1n) is 5.72. The van der Waals surface area contributed by atoms with Crippen LogP contribution in [0.4, 0.5) is 0 Å². The fraction of sp³-hybridized carbons (Fsp3) is 0.462. The van der Waals surface area contributed by atoms with Crippen molar-refractivity contribution in [1.29, 1.82) is 0 Å². The van der Waals surface area contributed by atoms with Crippen LogP contribution >= 0.6 is 0 Å². The second-order valence-electron chi connectivity index (χ2n) is 4.42. The number of carboxylic acids is 1. The van der Waals surface area contributed by atoms with Gasteiger partial charge in [-0.25, -0.2) is 0 Å². The van der Waals surface area contributed by atoms with Crippen LogP contribution in [0.5, 0.6) is 11.5 Å². The van der Waals surface area contributed by atoms with Crippen molar-refractivity contribution in [3.05, 3.63) is 23.3 Å². The van der Waals surface area contributed by atoms with Crippen molar-refractivity contribution in [3.63, 3.8) is 0 Å². The average Bonchev–Trinajstić information content (AvgIpc) is 2.72. The highest BCUT2D eigenvalue weighted by Gasteiger charge is 2.22. The topological polar surface area (TPSA) is 55.8 Å². The molecule has 17 heavy (non-hydrogen) atoms. The summed E-state index contributed by atoms with van der Waals surface area (Å²) in [6, 6.07) is 3.79. The maximum Gasteiger partial charge on any atom is 0.303 e. The molecule has 0 fully saturated rings.